The largest absolute Gasteiger partial charge is 0.342 e. The molecule has 4 rings (SSSR count). The summed E-state index contributed by atoms with van der Waals surface area (Å²) < 4.78 is 0. The number of nitrogens with zero attached hydrogens (tertiary/aromatic N) is 2. The highest BCUT2D eigenvalue weighted by Crippen LogP contribution is 2.38. The zero-order chi connectivity index (χ0) is 15.9. The summed E-state index contributed by atoms with van der Waals surface area (Å²) >= 11 is 0. The molecule has 5 nitrogen and oxygen atoms in total. The van der Waals surface area contributed by atoms with Crippen LogP contribution in [0, 0.1) is 11.3 Å². The summed E-state index contributed by atoms with van der Waals surface area (Å²) in [6.07, 6.45) is 8.67. The van der Waals surface area contributed by atoms with Gasteiger partial charge in [-0.3, -0.25) is 9.59 Å². The van der Waals surface area contributed by atoms with Crippen LogP contribution in [-0.2, 0) is 9.59 Å². The zero-order valence-electron chi connectivity index (χ0n) is 14.1. The van der Waals surface area contributed by atoms with Gasteiger partial charge in [-0.25, -0.2) is 0 Å². The number of carbonyl (C=O) groups is 2. The van der Waals surface area contributed by atoms with E-state index < -0.39 is 0 Å². The minimum Gasteiger partial charge on any atom is -0.342 e. The van der Waals surface area contributed by atoms with Gasteiger partial charge in [0.2, 0.25) is 11.8 Å². The number of nitrogens with one attached hydrogen (secondary N) is 1. The fraction of sp³-hybridized carbons (Fsp3) is 0.889. The number of likely N-dealkylation sites (tertiary alicyclic amines) is 2. The second-order valence-corrected chi connectivity index (χ2v) is 8.14. The Morgan fingerprint density at radius 1 is 1.13 bits per heavy atom. The van der Waals surface area contributed by atoms with Gasteiger partial charge in [0.25, 0.3) is 0 Å². The smallest absolute Gasteiger partial charge is 0.227 e. The molecule has 1 spiro atoms. The van der Waals surface area contributed by atoms with Crippen molar-refractivity contribution in [2.24, 2.45) is 11.3 Å². The summed E-state index contributed by atoms with van der Waals surface area (Å²) in [5, 5.41) is 3.47. The maximum atomic E-state index is 12.8. The van der Waals surface area contributed by atoms with E-state index in [0.717, 1.165) is 51.9 Å². The van der Waals surface area contributed by atoms with E-state index in [-0.39, 0.29) is 17.7 Å². The van der Waals surface area contributed by atoms with E-state index in [1.54, 1.807) is 0 Å². The molecule has 4 aliphatic rings. The van der Waals surface area contributed by atoms with E-state index in [9.17, 15) is 9.59 Å². The maximum Gasteiger partial charge on any atom is 0.227 e. The minimum atomic E-state index is -0.0844. The predicted octanol–water partition coefficient (Wildman–Crippen LogP) is 1.38. The molecule has 2 amide bonds. The van der Waals surface area contributed by atoms with Crippen LogP contribution in [0.5, 0.6) is 0 Å². The van der Waals surface area contributed by atoms with Crippen molar-refractivity contribution >= 4 is 11.8 Å². The lowest BCUT2D eigenvalue weighted by Gasteiger charge is -2.39. The highest BCUT2D eigenvalue weighted by molar-refractivity contribution is 5.89. The molecule has 0 aromatic heterocycles. The van der Waals surface area contributed by atoms with Crippen LogP contribution >= 0.6 is 0 Å². The first-order valence-corrected chi connectivity index (χ1v) is 9.46. The average Bonchev–Trinajstić information content (AvgIpc) is 3.28. The molecule has 1 N–H and O–H groups in total. The fourth-order valence-electron chi connectivity index (χ4n) is 5.15. The first kappa shape index (κ1) is 15.4. The van der Waals surface area contributed by atoms with Crippen molar-refractivity contribution in [1.82, 2.24) is 15.1 Å². The lowest BCUT2D eigenvalue weighted by molar-refractivity contribution is -0.138. The van der Waals surface area contributed by atoms with Gasteiger partial charge in [-0.15, -0.1) is 0 Å². The van der Waals surface area contributed by atoms with E-state index in [4.69, 9.17) is 0 Å². The van der Waals surface area contributed by atoms with E-state index in [0.29, 0.717) is 24.4 Å². The van der Waals surface area contributed by atoms with Gasteiger partial charge in [0.15, 0.2) is 0 Å². The summed E-state index contributed by atoms with van der Waals surface area (Å²) in [6.45, 7) is 4.68. The SMILES string of the molecule is O=C(C1CC(=O)N(C2CCCC2)C1)N1CCC2(CCNC2)CC1. The molecule has 5 heteroatoms. The molecule has 0 bridgehead atoms. The summed E-state index contributed by atoms with van der Waals surface area (Å²) in [6, 6.07) is 0.412. The van der Waals surface area contributed by atoms with Crippen molar-refractivity contribution in [3.8, 4) is 0 Å². The third-order valence-corrected chi connectivity index (χ3v) is 6.74. The van der Waals surface area contributed by atoms with Crippen molar-refractivity contribution in [3.05, 3.63) is 0 Å². The molecule has 0 radical (unpaired) electrons. The lowest BCUT2D eigenvalue weighted by Crippen LogP contribution is -2.46. The molecule has 23 heavy (non-hydrogen) atoms. The zero-order valence-corrected chi connectivity index (χ0v) is 14.1. The van der Waals surface area contributed by atoms with Gasteiger partial charge in [-0.2, -0.15) is 0 Å². The Kier molecular flexibility index (Phi) is 4.08. The van der Waals surface area contributed by atoms with Gasteiger partial charge in [-0.05, 0) is 44.1 Å². The van der Waals surface area contributed by atoms with Crippen LogP contribution in [0.2, 0.25) is 0 Å². The van der Waals surface area contributed by atoms with Gasteiger partial charge < -0.3 is 15.1 Å². The molecule has 1 atom stereocenters. The van der Waals surface area contributed by atoms with Crippen LogP contribution in [0.15, 0.2) is 0 Å². The predicted molar refractivity (Wildman–Crippen MR) is 87.8 cm³/mol. The molecule has 1 aliphatic carbocycles. The standard InChI is InChI=1S/C18H29N3O2/c22-16-11-14(12-21(16)15-3-1-2-4-15)17(23)20-9-6-18(7-10-20)5-8-19-13-18/h14-15,19H,1-13H2. The summed E-state index contributed by atoms with van der Waals surface area (Å²) in [5.74, 6) is 0.363. The Morgan fingerprint density at radius 2 is 1.87 bits per heavy atom. The van der Waals surface area contributed by atoms with Crippen LogP contribution in [0.4, 0.5) is 0 Å². The summed E-state index contributed by atoms with van der Waals surface area (Å²) in [5.41, 5.74) is 0.443. The number of amides is 2. The van der Waals surface area contributed by atoms with Crippen LogP contribution in [0.3, 0.4) is 0 Å². The Labute approximate surface area is 138 Å². The maximum absolute atomic E-state index is 12.8. The highest BCUT2D eigenvalue weighted by atomic mass is 16.2. The number of carbonyl (C=O) groups excluding carboxylic acids is 2. The van der Waals surface area contributed by atoms with E-state index in [1.807, 2.05) is 9.80 Å². The van der Waals surface area contributed by atoms with E-state index >= 15 is 0 Å². The molecular weight excluding hydrogens is 290 g/mol. The van der Waals surface area contributed by atoms with Crippen molar-refractivity contribution in [2.75, 3.05) is 32.7 Å². The van der Waals surface area contributed by atoms with Crippen molar-refractivity contribution in [2.45, 2.75) is 57.4 Å². The van der Waals surface area contributed by atoms with E-state index in [2.05, 4.69) is 5.32 Å². The molecule has 0 aromatic rings. The van der Waals surface area contributed by atoms with Crippen molar-refractivity contribution < 1.29 is 9.59 Å². The average molecular weight is 319 g/mol. The highest BCUT2D eigenvalue weighted by Gasteiger charge is 2.43. The van der Waals surface area contributed by atoms with Crippen LogP contribution in [0.1, 0.15) is 51.4 Å². The first-order chi connectivity index (χ1) is 11.2. The molecule has 4 fully saturated rings. The monoisotopic (exact) mass is 319 g/mol. The molecule has 3 saturated heterocycles. The number of piperidine rings is 1. The topological polar surface area (TPSA) is 52.7 Å². The molecule has 128 valence electrons. The van der Waals surface area contributed by atoms with Gasteiger partial charge in [0, 0.05) is 38.6 Å². The van der Waals surface area contributed by atoms with Crippen LogP contribution in [0.25, 0.3) is 0 Å². The molecular formula is C18H29N3O2. The van der Waals surface area contributed by atoms with Gasteiger partial charge in [-0.1, -0.05) is 12.8 Å². The van der Waals surface area contributed by atoms with Crippen molar-refractivity contribution in [1.29, 1.82) is 0 Å². The number of hydrogen-bond donors (Lipinski definition) is 1. The van der Waals surface area contributed by atoms with Crippen molar-refractivity contribution in [3.63, 3.8) is 0 Å². The quantitative estimate of drug-likeness (QED) is 0.836. The van der Waals surface area contributed by atoms with Gasteiger partial charge in [0.05, 0.1) is 5.92 Å². The Morgan fingerprint density at radius 3 is 2.52 bits per heavy atom. The molecule has 1 unspecified atom stereocenters. The second-order valence-electron chi connectivity index (χ2n) is 8.14. The summed E-state index contributed by atoms with van der Waals surface area (Å²) in [7, 11) is 0. The Hall–Kier alpha value is -1.10. The minimum absolute atomic E-state index is 0.0844. The Bertz CT molecular complexity index is 471. The normalized spacial score (nSPS) is 31.5. The number of hydrogen-bond acceptors (Lipinski definition) is 3. The molecule has 3 heterocycles. The third-order valence-electron chi connectivity index (χ3n) is 6.74. The lowest BCUT2D eigenvalue weighted by atomic mass is 9.77. The number of rotatable bonds is 2. The fourth-order valence-corrected chi connectivity index (χ4v) is 5.15. The van der Waals surface area contributed by atoms with Crippen LogP contribution in [-0.4, -0.2) is 60.4 Å². The molecule has 0 aromatic carbocycles. The molecule has 3 aliphatic heterocycles. The van der Waals surface area contributed by atoms with E-state index in [1.165, 1.54) is 19.3 Å². The van der Waals surface area contributed by atoms with Crippen LogP contribution < -0.4 is 5.32 Å². The first-order valence-electron chi connectivity index (χ1n) is 9.46. The Balaban J connectivity index is 1.34. The second kappa shape index (κ2) is 6.08. The molecule has 1 saturated carbocycles. The van der Waals surface area contributed by atoms with Gasteiger partial charge >= 0.3 is 0 Å². The third kappa shape index (κ3) is 2.88. The van der Waals surface area contributed by atoms with Gasteiger partial charge in [0.1, 0.15) is 0 Å². The summed E-state index contributed by atoms with van der Waals surface area (Å²) in [4.78, 5) is 29.2.